The fraction of sp³-hybridized carbons (Fsp3) is 0.889. The van der Waals surface area contributed by atoms with Crippen molar-refractivity contribution in [1.29, 1.82) is 5.41 Å². The SMILES string of the molecule is C[C@@H]1CCC[C@@H](C)C1C=N. The predicted molar refractivity (Wildman–Crippen MR) is 44.5 cm³/mol. The molecule has 58 valence electrons. The highest BCUT2D eigenvalue weighted by molar-refractivity contribution is 5.57. The molecular formula is C9H17N. The molecule has 0 bridgehead atoms. The molecule has 1 nitrogen and oxygen atoms in total. The van der Waals surface area contributed by atoms with Gasteiger partial charge in [0.1, 0.15) is 0 Å². The maximum Gasteiger partial charge on any atom is -0.00114 e. The van der Waals surface area contributed by atoms with Crippen LogP contribution in [-0.2, 0) is 0 Å². The van der Waals surface area contributed by atoms with Crippen LogP contribution in [0.4, 0.5) is 0 Å². The molecule has 0 heterocycles. The second-order valence-electron chi connectivity index (χ2n) is 3.63. The quantitative estimate of drug-likeness (QED) is 0.540. The second kappa shape index (κ2) is 3.18. The predicted octanol–water partition coefficient (Wildman–Crippen LogP) is 2.71. The van der Waals surface area contributed by atoms with Crippen molar-refractivity contribution in [1.82, 2.24) is 0 Å². The van der Waals surface area contributed by atoms with Gasteiger partial charge in [-0.15, -0.1) is 0 Å². The van der Waals surface area contributed by atoms with Gasteiger partial charge in [0.05, 0.1) is 0 Å². The van der Waals surface area contributed by atoms with Crippen LogP contribution in [0.15, 0.2) is 0 Å². The Kier molecular flexibility index (Phi) is 2.47. The first-order valence-electron chi connectivity index (χ1n) is 4.26. The summed E-state index contributed by atoms with van der Waals surface area (Å²) >= 11 is 0. The van der Waals surface area contributed by atoms with Gasteiger partial charge in [-0.3, -0.25) is 0 Å². The Morgan fingerprint density at radius 2 is 1.70 bits per heavy atom. The zero-order valence-electron chi connectivity index (χ0n) is 6.93. The molecule has 0 saturated heterocycles. The topological polar surface area (TPSA) is 23.9 Å². The van der Waals surface area contributed by atoms with E-state index in [1.54, 1.807) is 6.21 Å². The van der Waals surface area contributed by atoms with Crippen molar-refractivity contribution in [2.24, 2.45) is 17.8 Å². The van der Waals surface area contributed by atoms with Gasteiger partial charge in [0, 0.05) is 0 Å². The Bertz CT molecular complexity index is 110. The molecule has 0 amide bonds. The first-order chi connectivity index (χ1) is 4.75. The molecule has 0 spiro atoms. The zero-order chi connectivity index (χ0) is 7.56. The Labute approximate surface area is 63.3 Å². The molecule has 0 radical (unpaired) electrons. The van der Waals surface area contributed by atoms with E-state index in [9.17, 15) is 0 Å². The van der Waals surface area contributed by atoms with E-state index in [0.717, 1.165) is 11.8 Å². The molecule has 1 heteroatoms. The summed E-state index contributed by atoms with van der Waals surface area (Å²) in [6, 6.07) is 0. The van der Waals surface area contributed by atoms with E-state index in [1.165, 1.54) is 19.3 Å². The van der Waals surface area contributed by atoms with Crippen molar-refractivity contribution in [2.75, 3.05) is 0 Å². The smallest absolute Gasteiger partial charge is 0.00114 e. The van der Waals surface area contributed by atoms with Gasteiger partial charge in [-0.1, -0.05) is 33.1 Å². The number of hydrogen-bond donors (Lipinski definition) is 1. The van der Waals surface area contributed by atoms with E-state index in [4.69, 9.17) is 5.41 Å². The molecule has 1 N–H and O–H groups in total. The molecule has 0 aliphatic heterocycles. The third-order valence-electron chi connectivity index (χ3n) is 2.83. The van der Waals surface area contributed by atoms with Crippen LogP contribution in [0.1, 0.15) is 33.1 Å². The summed E-state index contributed by atoms with van der Waals surface area (Å²) in [6.45, 7) is 4.54. The van der Waals surface area contributed by atoms with Crippen LogP contribution < -0.4 is 0 Å². The van der Waals surface area contributed by atoms with Crippen LogP contribution in [0.3, 0.4) is 0 Å². The van der Waals surface area contributed by atoms with Crippen molar-refractivity contribution in [3.05, 3.63) is 0 Å². The summed E-state index contributed by atoms with van der Waals surface area (Å²) in [6.07, 6.45) is 5.66. The third-order valence-corrected chi connectivity index (χ3v) is 2.83. The molecule has 0 unspecified atom stereocenters. The minimum absolute atomic E-state index is 0.564. The Hall–Kier alpha value is -0.330. The maximum absolute atomic E-state index is 7.23. The minimum atomic E-state index is 0.564. The van der Waals surface area contributed by atoms with Crippen LogP contribution in [-0.4, -0.2) is 6.21 Å². The van der Waals surface area contributed by atoms with Crippen molar-refractivity contribution < 1.29 is 0 Å². The van der Waals surface area contributed by atoms with Crippen molar-refractivity contribution in [3.8, 4) is 0 Å². The highest BCUT2D eigenvalue weighted by atomic mass is 14.4. The van der Waals surface area contributed by atoms with Gasteiger partial charge in [-0.25, -0.2) is 0 Å². The van der Waals surface area contributed by atoms with Crippen LogP contribution in [0.5, 0.6) is 0 Å². The lowest BCUT2D eigenvalue weighted by atomic mass is 9.74. The summed E-state index contributed by atoms with van der Waals surface area (Å²) < 4.78 is 0. The van der Waals surface area contributed by atoms with Crippen molar-refractivity contribution in [2.45, 2.75) is 33.1 Å². The van der Waals surface area contributed by atoms with E-state index >= 15 is 0 Å². The highest BCUT2D eigenvalue weighted by Gasteiger charge is 2.25. The molecular weight excluding hydrogens is 122 g/mol. The van der Waals surface area contributed by atoms with Gasteiger partial charge in [-0.2, -0.15) is 0 Å². The van der Waals surface area contributed by atoms with Gasteiger partial charge in [-0.05, 0) is 24.0 Å². The molecule has 2 atom stereocenters. The van der Waals surface area contributed by atoms with Crippen LogP contribution >= 0.6 is 0 Å². The zero-order valence-corrected chi connectivity index (χ0v) is 6.93. The van der Waals surface area contributed by atoms with Gasteiger partial charge in [0.15, 0.2) is 0 Å². The molecule has 1 aliphatic rings. The lowest BCUT2D eigenvalue weighted by Gasteiger charge is -2.31. The summed E-state index contributed by atoms with van der Waals surface area (Å²) in [7, 11) is 0. The highest BCUT2D eigenvalue weighted by Crippen LogP contribution is 2.32. The average molecular weight is 139 g/mol. The maximum atomic E-state index is 7.23. The summed E-state index contributed by atoms with van der Waals surface area (Å²) in [4.78, 5) is 0. The first-order valence-corrected chi connectivity index (χ1v) is 4.26. The van der Waals surface area contributed by atoms with Crippen molar-refractivity contribution in [3.63, 3.8) is 0 Å². The lowest BCUT2D eigenvalue weighted by Crippen LogP contribution is -2.25. The van der Waals surface area contributed by atoms with E-state index in [0.29, 0.717) is 5.92 Å². The van der Waals surface area contributed by atoms with E-state index in [1.807, 2.05) is 0 Å². The standard InChI is InChI=1S/C9H17N/c1-7-4-3-5-8(2)9(7)6-10/h6-10H,3-5H2,1-2H3/t7-,8-/m1/s1. The van der Waals surface area contributed by atoms with Gasteiger partial charge in [0.25, 0.3) is 0 Å². The van der Waals surface area contributed by atoms with Gasteiger partial charge >= 0.3 is 0 Å². The largest absolute Gasteiger partial charge is 0.313 e. The Morgan fingerprint density at radius 1 is 1.20 bits per heavy atom. The fourth-order valence-electron chi connectivity index (χ4n) is 2.04. The summed E-state index contributed by atoms with van der Waals surface area (Å²) in [5.74, 6) is 2.07. The van der Waals surface area contributed by atoms with E-state index < -0.39 is 0 Å². The monoisotopic (exact) mass is 139 g/mol. The summed E-state index contributed by atoms with van der Waals surface area (Å²) in [5, 5.41) is 7.23. The Morgan fingerprint density at radius 3 is 2.00 bits per heavy atom. The Balaban J connectivity index is 2.53. The number of rotatable bonds is 1. The second-order valence-corrected chi connectivity index (χ2v) is 3.63. The molecule has 10 heavy (non-hydrogen) atoms. The first kappa shape index (κ1) is 7.77. The average Bonchev–Trinajstić information content (AvgIpc) is 1.88. The minimum Gasteiger partial charge on any atom is -0.313 e. The van der Waals surface area contributed by atoms with Gasteiger partial charge in [0.2, 0.25) is 0 Å². The lowest BCUT2D eigenvalue weighted by molar-refractivity contribution is 0.245. The normalized spacial score (nSPS) is 35.8. The number of hydrogen-bond acceptors (Lipinski definition) is 1. The molecule has 1 fully saturated rings. The molecule has 1 saturated carbocycles. The molecule has 0 aromatic carbocycles. The van der Waals surface area contributed by atoms with E-state index in [2.05, 4.69) is 13.8 Å². The molecule has 1 rings (SSSR count). The summed E-state index contributed by atoms with van der Waals surface area (Å²) in [5.41, 5.74) is 0. The van der Waals surface area contributed by atoms with E-state index in [-0.39, 0.29) is 0 Å². The van der Waals surface area contributed by atoms with Crippen LogP contribution in [0, 0.1) is 23.2 Å². The van der Waals surface area contributed by atoms with Gasteiger partial charge < -0.3 is 5.41 Å². The van der Waals surface area contributed by atoms with Crippen LogP contribution in [0.25, 0.3) is 0 Å². The molecule has 0 aromatic rings. The molecule has 0 aromatic heterocycles. The molecule has 1 aliphatic carbocycles. The van der Waals surface area contributed by atoms with Crippen LogP contribution in [0.2, 0.25) is 0 Å². The van der Waals surface area contributed by atoms with Crippen molar-refractivity contribution >= 4 is 6.21 Å². The fourth-order valence-corrected chi connectivity index (χ4v) is 2.04. The third kappa shape index (κ3) is 1.39. The number of nitrogens with one attached hydrogen (secondary N) is 1.